The van der Waals surface area contributed by atoms with Crippen molar-refractivity contribution in [3.05, 3.63) is 35.4 Å². The largest absolute Gasteiger partial charge is 0.481 e. The molecule has 0 heterocycles. The van der Waals surface area contributed by atoms with E-state index in [1.54, 1.807) is 0 Å². The summed E-state index contributed by atoms with van der Waals surface area (Å²) in [5, 5.41) is 9.07. The van der Waals surface area contributed by atoms with Gasteiger partial charge in [-0.05, 0) is 12.8 Å². The zero-order valence-electron chi connectivity index (χ0n) is 8.79. The summed E-state index contributed by atoms with van der Waals surface area (Å²) in [7, 11) is 0. The van der Waals surface area contributed by atoms with Gasteiger partial charge in [0.15, 0.2) is 0 Å². The Kier molecular flexibility index (Phi) is 4.08. The summed E-state index contributed by atoms with van der Waals surface area (Å²) in [4.78, 5) is 11.0. The number of aliphatic carboxylic acids is 1. The van der Waals surface area contributed by atoms with Gasteiger partial charge < -0.3 is 5.11 Å². The van der Waals surface area contributed by atoms with Crippen molar-refractivity contribution in [2.75, 3.05) is 0 Å². The second-order valence-corrected chi connectivity index (χ2v) is 3.84. The summed E-state index contributed by atoms with van der Waals surface area (Å²) in [6.07, 6.45) is 2.48. The molecular weight excluding hydrogens is 265 g/mol. The van der Waals surface area contributed by atoms with Gasteiger partial charge in [-0.2, -0.15) is 29.8 Å². The third kappa shape index (κ3) is 2.31. The third-order valence-corrected chi connectivity index (χ3v) is 2.97. The van der Waals surface area contributed by atoms with Gasteiger partial charge in [-0.1, -0.05) is 13.3 Å². The number of aryl methyl sites for hydroxylation is 1. The van der Waals surface area contributed by atoms with Gasteiger partial charge in [0, 0.05) is 38.1 Å². The van der Waals surface area contributed by atoms with E-state index < -0.39 is 11.4 Å². The molecule has 0 aliphatic heterocycles. The Bertz CT molecular complexity index is 352. The standard InChI is InChI=1S/C12H13O2.Y/c1-2-9-3-5-10(6-4-9)12(7-8-12)11(13)14;/h3,5-6H,2,7-8H2,1H3,(H,13,14);/q-1;. The molecule has 1 aromatic rings. The fourth-order valence-corrected chi connectivity index (χ4v) is 1.73. The van der Waals surface area contributed by atoms with Gasteiger partial charge in [0.1, 0.15) is 0 Å². The van der Waals surface area contributed by atoms with E-state index in [9.17, 15) is 4.79 Å². The second-order valence-electron chi connectivity index (χ2n) is 3.84. The number of carboxylic acid groups (broad SMARTS) is 1. The summed E-state index contributed by atoms with van der Waals surface area (Å²) in [5.74, 6) is -0.699. The molecule has 3 heteroatoms. The molecule has 1 radical (unpaired) electrons. The summed E-state index contributed by atoms with van der Waals surface area (Å²) in [5.41, 5.74) is 1.46. The predicted molar refractivity (Wildman–Crippen MR) is 53.2 cm³/mol. The Morgan fingerprint density at radius 3 is 2.53 bits per heavy atom. The Morgan fingerprint density at radius 2 is 2.20 bits per heavy atom. The molecule has 1 fully saturated rings. The van der Waals surface area contributed by atoms with E-state index in [2.05, 4.69) is 13.0 Å². The van der Waals surface area contributed by atoms with Crippen molar-refractivity contribution >= 4 is 5.97 Å². The van der Waals surface area contributed by atoms with Crippen molar-refractivity contribution in [3.8, 4) is 0 Å². The van der Waals surface area contributed by atoms with Gasteiger partial charge in [0.2, 0.25) is 0 Å². The maximum absolute atomic E-state index is 11.0. The van der Waals surface area contributed by atoms with Crippen LogP contribution in [-0.4, -0.2) is 11.1 Å². The Labute approximate surface area is 115 Å². The topological polar surface area (TPSA) is 37.3 Å². The zero-order chi connectivity index (χ0) is 10.2. The molecule has 1 N–H and O–H groups in total. The summed E-state index contributed by atoms with van der Waals surface area (Å²) in [6.45, 7) is 2.07. The summed E-state index contributed by atoms with van der Waals surface area (Å²) in [6, 6.07) is 8.86. The van der Waals surface area contributed by atoms with E-state index in [1.165, 1.54) is 0 Å². The SMILES string of the molecule is CCc1[c-]cc(C2(C(=O)O)CC2)cc1.[Y]. The fraction of sp³-hybridized carbons (Fsp3) is 0.417. The maximum Gasteiger partial charge on any atom is 0.302 e. The molecule has 1 aliphatic carbocycles. The third-order valence-electron chi connectivity index (χ3n) is 2.97. The number of carbonyl (C=O) groups is 1. The molecule has 1 aromatic carbocycles. The number of benzene rings is 1. The second kappa shape index (κ2) is 4.75. The number of hydrogen-bond donors (Lipinski definition) is 1. The first-order valence-electron chi connectivity index (χ1n) is 4.93. The van der Waals surface area contributed by atoms with Crippen LogP contribution in [0.5, 0.6) is 0 Å². The fourth-order valence-electron chi connectivity index (χ4n) is 1.73. The van der Waals surface area contributed by atoms with E-state index in [-0.39, 0.29) is 32.7 Å². The maximum atomic E-state index is 11.0. The molecule has 0 unspecified atom stereocenters. The van der Waals surface area contributed by atoms with Gasteiger partial charge in [0.25, 0.3) is 0 Å². The molecule has 2 rings (SSSR count). The van der Waals surface area contributed by atoms with E-state index >= 15 is 0 Å². The van der Waals surface area contributed by atoms with Gasteiger partial charge >= 0.3 is 5.97 Å². The first-order chi connectivity index (χ1) is 6.69. The predicted octanol–water partition coefficient (Wildman–Crippen LogP) is 2.16. The van der Waals surface area contributed by atoms with E-state index in [1.807, 2.05) is 18.2 Å². The van der Waals surface area contributed by atoms with Crippen molar-refractivity contribution in [2.45, 2.75) is 31.6 Å². The Balaban J connectivity index is 0.00000112. The van der Waals surface area contributed by atoms with Crippen molar-refractivity contribution in [1.82, 2.24) is 0 Å². The van der Waals surface area contributed by atoms with Crippen LogP contribution in [0.2, 0.25) is 0 Å². The van der Waals surface area contributed by atoms with Gasteiger partial charge in [-0.25, -0.2) is 0 Å². The Hall–Kier alpha value is -0.206. The molecule has 1 aliphatic rings. The minimum Gasteiger partial charge on any atom is -0.481 e. The molecular formula is C12H13O2Y-. The van der Waals surface area contributed by atoms with Gasteiger partial charge in [0.05, 0.1) is 0 Å². The molecule has 0 spiro atoms. The summed E-state index contributed by atoms with van der Waals surface area (Å²) >= 11 is 0. The molecule has 2 nitrogen and oxygen atoms in total. The molecule has 1 saturated carbocycles. The molecule has 0 saturated heterocycles. The first-order valence-corrected chi connectivity index (χ1v) is 4.93. The van der Waals surface area contributed by atoms with Crippen molar-refractivity contribution in [1.29, 1.82) is 0 Å². The minimum atomic E-state index is -0.699. The quantitative estimate of drug-likeness (QED) is 0.860. The molecule has 0 atom stereocenters. The monoisotopic (exact) mass is 278 g/mol. The molecule has 0 aromatic heterocycles. The average Bonchev–Trinajstić information content (AvgIpc) is 2.99. The average molecular weight is 278 g/mol. The smallest absolute Gasteiger partial charge is 0.302 e. The number of hydrogen-bond acceptors (Lipinski definition) is 1. The van der Waals surface area contributed by atoms with Crippen LogP contribution in [0.1, 0.15) is 30.9 Å². The van der Waals surface area contributed by atoms with Crippen molar-refractivity contribution in [2.24, 2.45) is 0 Å². The van der Waals surface area contributed by atoms with Crippen LogP contribution in [0.3, 0.4) is 0 Å². The molecule has 0 amide bonds. The Morgan fingerprint density at radius 1 is 1.53 bits per heavy atom. The van der Waals surface area contributed by atoms with Crippen LogP contribution in [0, 0.1) is 6.07 Å². The van der Waals surface area contributed by atoms with Crippen molar-refractivity contribution < 1.29 is 42.6 Å². The van der Waals surface area contributed by atoms with E-state index in [0.29, 0.717) is 0 Å². The first kappa shape index (κ1) is 12.9. The normalized spacial score (nSPS) is 16.6. The van der Waals surface area contributed by atoms with Crippen LogP contribution >= 0.6 is 0 Å². The van der Waals surface area contributed by atoms with Gasteiger partial charge in [-0.3, -0.25) is 4.79 Å². The minimum absolute atomic E-state index is 0. The summed E-state index contributed by atoms with van der Waals surface area (Å²) < 4.78 is 0. The van der Waals surface area contributed by atoms with E-state index in [0.717, 1.165) is 30.4 Å². The van der Waals surface area contributed by atoms with Crippen LogP contribution in [-0.2, 0) is 49.3 Å². The molecule has 0 bridgehead atoms. The van der Waals surface area contributed by atoms with Crippen LogP contribution in [0.25, 0.3) is 0 Å². The van der Waals surface area contributed by atoms with Crippen LogP contribution in [0.4, 0.5) is 0 Å². The van der Waals surface area contributed by atoms with Crippen LogP contribution < -0.4 is 0 Å². The van der Waals surface area contributed by atoms with Gasteiger partial charge in [-0.15, -0.1) is 5.56 Å². The van der Waals surface area contributed by atoms with Crippen molar-refractivity contribution in [3.63, 3.8) is 0 Å². The molecule has 15 heavy (non-hydrogen) atoms. The van der Waals surface area contributed by atoms with E-state index in [4.69, 9.17) is 5.11 Å². The zero-order valence-corrected chi connectivity index (χ0v) is 11.6. The number of carboxylic acids is 1. The van der Waals surface area contributed by atoms with Crippen LogP contribution in [0.15, 0.2) is 18.2 Å². The number of rotatable bonds is 3. The molecule has 77 valence electrons.